The van der Waals surface area contributed by atoms with Crippen molar-refractivity contribution in [3.63, 3.8) is 0 Å². The summed E-state index contributed by atoms with van der Waals surface area (Å²) in [5.41, 5.74) is 2.34. The molecule has 1 aliphatic heterocycles. The van der Waals surface area contributed by atoms with E-state index in [9.17, 15) is 14.0 Å². The van der Waals surface area contributed by atoms with Gasteiger partial charge in [-0.15, -0.1) is 0 Å². The number of aromatic nitrogens is 3. The highest BCUT2D eigenvalue weighted by molar-refractivity contribution is 5.92. The summed E-state index contributed by atoms with van der Waals surface area (Å²) in [6, 6.07) is 11.8. The molecule has 2 aliphatic rings. The van der Waals surface area contributed by atoms with E-state index in [1.807, 2.05) is 12.1 Å². The van der Waals surface area contributed by atoms with Crippen molar-refractivity contribution in [2.24, 2.45) is 5.41 Å². The van der Waals surface area contributed by atoms with Crippen molar-refractivity contribution in [3.8, 4) is 5.75 Å². The maximum Gasteiger partial charge on any atom is 0.270 e. The van der Waals surface area contributed by atoms with Crippen LogP contribution in [0.25, 0.3) is 16.6 Å². The minimum Gasteiger partial charge on any atom is -0.496 e. The van der Waals surface area contributed by atoms with Crippen LogP contribution in [0.15, 0.2) is 53.5 Å². The minimum absolute atomic E-state index is 0.0387. The van der Waals surface area contributed by atoms with E-state index in [1.165, 1.54) is 43.3 Å². The molecule has 0 unspecified atom stereocenters. The first-order valence-electron chi connectivity index (χ1n) is 12.6. The van der Waals surface area contributed by atoms with E-state index >= 15 is 0 Å². The van der Waals surface area contributed by atoms with E-state index < -0.39 is 11.9 Å². The average Bonchev–Trinajstić information content (AvgIpc) is 3.32. The number of carbonyl (C=O) groups excluding carboxylic acids is 1. The van der Waals surface area contributed by atoms with Gasteiger partial charge in [0.15, 0.2) is 0 Å². The molecule has 1 spiro atoms. The van der Waals surface area contributed by atoms with Gasteiger partial charge < -0.3 is 10.1 Å². The number of carbonyl (C=O) groups is 1. The molecule has 190 valence electrons. The van der Waals surface area contributed by atoms with Crippen molar-refractivity contribution in [1.29, 1.82) is 0 Å². The largest absolute Gasteiger partial charge is 0.496 e. The molecule has 4 aromatic rings. The summed E-state index contributed by atoms with van der Waals surface area (Å²) in [6.07, 6.45) is 6.65. The molecule has 0 radical (unpaired) electrons. The number of rotatable bonds is 6. The van der Waals surface area contributed by atoms with Crippen LogP contribution in [0, 0.1) is 11.4 Å². The number of fused-ring (bicyclic) bond motifs is 2. The van der Waals surface area contributed by atoms with Gasteiger partial charge in [0.25, 0.3) is 11.5 Å². The Hall–Kier alpha value is -3.85. The predicted molar refractivity (Wildman–Crippen MR) is 137 cm³/mol. The number of nitrogens with one attached hydrogen (secondary N) is 1. The Morgan fingerprint density at radius 3 is 2.73 bits per heavy atom. The minimum atomic E-state index is -0.470. The third-order valence-electron chi connectivity index (χ3n) is 7.81. The first-order valence-corrected chi connectivity index (χ1v) is 12.6. The van der Waals surface area contributed by atoms with Gasteiger partial charge >= 0.3 is 0 Å². The molecule has 1 N–H and O–H groups in total. The van der Waals surface area contributed by atoms with Crippen LogP contribution in [-0.4, -0.2) is 45.4 Å². The normalized spacial score (nSPS) is 16.8. The van der Waals surface area contributed by atoms with Gasteiger partial charge in [0.2, 0.25) is 5.95 Å². The fraction of sp³-hybridized carbons (Fsp3) is 0.357. The van der Waals surface area contributed by atoms with Crippen molar-refractivity contribution < 1.29 is 13.9 Å². The van der Waals surface area contributed by atoms with Crippen molar-refractivity contribution >= 4 is 22.5 Å². The zero-order valence-electron chi connectivity index (χ0n) is 20.7. The monoisotopic (exact) mass is 501 g/mol. The number of ether oxygens (including phenoxy) is 1. The highest BCUT2D eigenvalue weighted by Gasteiger charge is 2.42. The topological polar surface area (TPSA) is 88.8 Å². The average molecular weight is 502 g/mol. The van der Waals surface area contributed by atoms with Crippen LogP contribution in [0.3, 0.4) is 0 Å². The molecule has 2 fully saturated rings. The number of hydrogen-bond acceptors (Lipinski definition) is 6. The van der Waals surface area contributed by atoms with E-state index in [-0.39, 0.29) is 17.8 Å². The molecule has 1 saturated heterocycles. The van der Waals surface area contributed by atoms with Crippen molar-refractivity contribution in [1.82, 2.24) is 24.6 Å². The predicted octanol–water partition coefficient (Wildman–Crippen LogP) is 3.70. The summed E-state index contributed by atoms with van der Waals surface area (Å²) in [7, 11) is 1.52. The number of methoxy groups -OCH3 is 1. The SMILES string of the molecule is COc1cc2nc(F)c(CN3CCC4(CCC4)C3)cc2cc1CNC(=O)c1cc(=O)n2ccccc2n1. The van der Waals surface area contributed by atoms with Crippen LogP contribution in [0.2, 0.25) is 0 Å². The lowest BCUT2D eigenvalue weighted by Crippen LogP contribution is -2.33. The molecular formula is C28H28FN5O3. The molecule has 6 rings (SSSR count). The van der Waals surface area contributed by atoms with Crippen LogP contribution >= 0.6 is 0 Å². The van der Waals surface area contributed by atoms with E-state index in [2.05, 4.69) is 20.2 Å². The van der Waals surface area contributed by atoms with Gasteiger partial charge in [-0.25, -0.2) is 9.97 Å². The van der Waals surface area contributed by atoms with Crippen LogP contribution in [0.5, 0.6) is 5.75 Å². The van der Waals surface area contributed by atoms with Gasteiger partial charge in [-0.05, 0) is 55.5 Å². The van der Waals surface area contributed by atoms with Gasteiger partial charge in [-0.1, -0.05) is 12.5 Å². The Labute approximate surface area is 213 Å². The van der Waals surface area contributed by atoms with E-state index in [4.69, 9.17) is 4.74 Å². The summed E-state index contributed by atoms with van der Waals surface area (Å²) >= 11 is 0. The van der Waals surface area contributed by atoms with E-state index in [0.29, 0.717) is 34.4 Å². The highest BCUT2D eigenvalue weighted by atomic mass is 19.1. The van der Waals surface area contributed by atoms with Gasteiger partial charge in [0.05, 0.1) is 12.6 Å². The molecule has 1 saturated carbocycles. The van der Waals surface area contributed by atoms with E-state index in [0.717, 1.165) is 24.0 Å². The first-order chi connectivity index (χ1) is 17.9. The molecule has 1 amide bonds. The molecule has 0 bridgehead atoms. The second kappa shape index (κ2) is 9.23. The molecule has 0 atom stereocenters. The summed E-state index contributed by atoms with van der Waals surface area (Å²) in [4.78, 5) is 36.0. The second-order valence-electron chi connectivity index (χ2n) is 10.2. The van der Waals surface area contributed by atoms with Crippen LogP contribution in [0.1, 0.15) is 47.3 Å². The first kappa shape index (κ1) is 23.5. The number of likely N-dealkylation sites (tertiary alicyclic amines) is 1. The summed E-state index contributed by atoms with van der Waals surface area (Å²) < 4.78 is 21.8. The third-order valence-corrected chi connectivity index (χ3v) is 7.81. The smallest absolute Gasteiger partial charge is 0.270 e. The number of amides is 1. The second-order valence-corrected chi connectivity index (χ2v) is 10.2. The van der Waals surface area contributed by atoms with E-state index in [1.54, 1.807) is 30.5 Å². The van der Waals surface area contributed by atoms with Gasteiger partial charge in [0, 0.05) is 54.5 Å². The van der Waals surface area contributed by atoms with Gasteiger partial charge in [-0.2, -0.15) is 4.39 Å². The molecule has 1 aromatic carbocycles. The fourth-order valence-corrected chi connectivity index (χ4v) is 5.63. The number of pyridine rings is 2. The molecule has 8 nitrogen and oxygen atoms in total. The lowest BCUT2D eigenvalue weighted by atomic mass is 9.68. The Balaban J connectivity index is 1.23. The van der Waals surface area contributed by atoms with Crippen molar-refractivity contribution in [3.05, 3.63) is 81.8 Å². The summed E-state index contributed by atoms with van der Waals surface area (Å²) in [6.45, 7) is 2.70. The van der Waals surface area contributed by atoms with Crippen molar-refractivity contribution in [2.45, 2.75) is 38.8 Å². The molecular weight excluding hydrogens is 473 g/mol. The van der Waals surface area contributed by atoms with Crippen LogP contribution in [0.4, 0.5) is 4.39 Å². The fourth-order valence-electron chi connectivity index (χ4n) is 5.63. The molecule has 9 heteroatoms. The Kier molecular flexibility index (Phi) is 5.87. The van der Waals surface area contributed by atoms with Gasteiger partial charge in [0.1, 0.15) is 17.1 Å². The Morgan fingerprint density at radius 1 is 1.14 bits per heavy atom. The lowest BCUT2D eigenvalue weighted by molar-refractivity contribution is 0.0945. The van der Waals surface area contributed by atoms with Crippen LogP contribution < -0.4 is 15.6 Å². The third kappa shape index (κ3) is 4.44. The molecule has 3 aromatic heterocycles. The molecule has 1 aliphatic carbocycles. The zero-order chi connectivity index (χ0) is 25.6. The zero-order valence-corrected chi connectivity index (χ0v) is 20.7. The Bertz CT molecular complexity index is 1580. The maximum absolute atomic E-state index is 14.9. The van der Waals surface area contributed by atoms with Crippen molar-refractivity contribution in [2.75, 3.05) is 20.2 Å². The summed E-state index contributed by atoms with van der Waals surface area (Å²) in [5.74, 6) is -0.438. The number of hydrogen-bond donors (Lipinski definition) is 1. The number of halogens is 1. The summed E-state index contributed by atoms with van der Waals surface area (Å²) in [5, 5.41) is 3.60. The molecule has 37 heavy (non-hydrogen) atoms. The lowest BCUT2D eigenvalue weighted by Gasteiger charge is -2.38. The standard InChI is InChI=1S/C28H28FN5O3/c1-37-23-13-21-18(12-20(26(29)32-21)16-33-10-8-28(17-33)6-4-7-28)11-19(23)15-30-27(36)22-14-25(35)34-9-3-2-5-24(34)31-22/h2-3,5,9,11-14H,4,6-8,10,15-17H2,1H3,(H,30,36). The number of nitrogens with zero attached hydrogens (tertiary/aromatic N) is 4. The highest BCUT2D eigenvalue weighted by Crippen LogP contribution is 2.48. The maximum atomic E-state index is 14.9. The molecule has 4 heterocycles. The van der Waals surface area contributed by atoms with Crippen LogP contribution in [-0.2, 0) is 13.1 Å². The number of benzene rings is 1. The quantitative estimate of drug-likeness (QED) is 0.406. The van der Waals surface area contributed by atoms with Gasteiger partial charge in [-0.3, -0.25) is 18.9 Å². The Morgan fingerprint density at radius 2 is 1.97 bits per heavy atom.